The molecule has 0 radical (unpaired) electrons. The third-order valence-corrected chi connectivity index (χ3v) is 4.22. The van der Waals surface area contributed by atoms with Gasteiger partial charge < -0.3 is 0 Å². The molecule has 0 saturated heterocycles. The minimum atomic E-state index is 1.12. The first-order valence-corrected chi connectivity index (χ1v) is 4.54. The molecule has 0 rings (SSSR count). The Labute approximate surface area is 77.7 Å². The number of hydrogen-bond donors (Lipinski definition) is 0. The van der Waals surface area contributed by atoms with Crippen LogP contribution in [0.5, 0.6) is 0 Å². The van der Waals surface area contributed by atoms with Crippen LogP contribution in [0, 0.1) is 0 Å². The first-order chi connectivity index (χ1) is 3.72. The van der Waals surface area contributed by atoms with Crippen molar-refractivity contribution >= 4 is 45.2 Å². The number of allylic oxidation sites excluding steroid dienone is 3. The lowest BCUT2D eigenvalue weighted by Crippen LogP contribution is -1.67. The van der Waals surface area contributed by atoms with Crippen LogP contribution in [0.15, 0.2) is 19.8 Å². The number of hydrogen-bond acceptors (Lipinski definition) is 0. The van der Waals surface area contributed by atoms with Crippen molar-refractivity contribution in [2.45, 2.75) is 13.3 Å². The Morgan fingerprint density at radius 3 is 2.25 bits per heavy atom. The van der Waals surface area contributed by atoms with E-state index in [9.17, 15) is 0 Å². The van der Waals surface area contributed by atoms with Crippen molar-refractivity contribution in [3.05, 3.63) is 19.8 Å². The molecule has 0 heterocycles. The van der Waals surface area contributed by atoms with E-state index in [1.54, 1.807) is 0 Å². The summed E-state index contributed by atoms with van der Waals surface area (Å²) < 4.78 is 2.66. The summed E-state index contributed by atoms with van der Waals surface area (Å²) in [5.74, 6) is 0. The molecule has 0 bridgehead atoms. The van der Waals surface area contributed by atoms with Gasteiger partial charge in [-0.25, -0.2) is 0 Å². The summed E-state index contributed by atoms with van der Waals surface area (Å²) in [7, 11) is 0. The predicted octanol–water partition coefficient (Wildman–Crippen LogP) is 3.66. The van der Waals surface area contributed by atoms with Crippen LogP contribution in [0.2, 0.25) is 0 Å². The van der Waals surface area contributed by atoms with Crippen molar-refractivity contribution in [3.63, 3.8) is 0 Å². The Bertz CT molecular complexity index is 114. The first-order valence-electron chi connectivity index (χ1n) is 2.39. The summed E-state index contributed by atoms with van der Waals surface area (Å²) >= 11 is 4.62. The van der Waals surface area contributed by atoms with Crippen molar-refractivity contribution in [2.24, 2.45) is 0 Å². The summed E-state index contributed by atoms with van der Waals surface area (Å²) in [5, 5.41) is 0. The fourth-order valence-corrected chi connectivity index (χ4v) is 0.881. The van der Waals surface area contributed by atoms with Crippen molar-refractivity contribution < 1.29 is 0 Å². The smallest absolute Gasteiger partial charge is 0.0217 e. The molecule has 0 aliphatic rings. The lowest BCUT2D eigenvalue weighted by molar-refractivity contribution is 1.21. The van der Waals surface area contributed by atoms with Gasteiger partial charge in [-0.2, -0.15) is 0 Å². The topological polar surface area (TPSA) is 0 Å². The van der Waals surface area contributed by atoms with Crippen LogP contribution in [0.3, 0.4) is 0 Å². The lowest BCUT2D eigenvalue weighted by atomic mass is 10.4. The van der Waals surface area contributed by atoms with Crippen LogP contribution in [0.4, 0.5) is 0 Å². The largest absolute Gasteiger partial charge is 0.0980 e. The summed E-state index contributed by atoms with van der Waals surface area (Å²) in [6.07, 6.45) is 3.00. The molecule has 0 atom stereocenters. The van der Waals surface area contributed by atoms with Gasteiger partial charge in [0.2, 0.25) is 0 Å². The van der Waals surface area contributed by atoms with E-state index >= 15 is 0 Å². The van der Waals surface area contributed by atoms with E-state index in [1.165, 1.54) is 7.16 Å². The van der Waals surface area contributed by atoms with E-state index in [-0.39, 0.29) is 0 Å². The highest BCUT2D eigenvalue weighted by molar-refractivity contribution is 14.1. The molecule has 0 fully saturated rings. The van der Waals surface area contributed by atoms with Gasteiger partial charge in [0.15, 0.2) is 0 Å². The maximum atomic E-state index is 3.66. The highest BCUT2D eigenvalue weighted by Gasteiger charge is 1.89. The Morgan fingerprint density at radius 2 is 2.12 bits per heavy atom. The quantitative estimate of drug-likeness (QED) is 0.534. The van der Waals surface area contributed by atoms with E-state index in [0.717, 1.165) is 6.42 Å². The molecule has 0 aromatic rings. The molecule has 0 amide bonds. The Kier molecular flexibility index (Phi) is 5.35. The van der Waals surface area contributed by atoms with Gasteiger partial charge in [-0.05, 0) is 51.6 Å². The molecule has 0 aliphatic heterocycles. The van der Waals surface area contributed by atoms with Gasteiger partial charge in [0.1, 0.15) is 0 Å². The molecular weight excluding hydrogens is 326 g/mol. The third kappa shape index (κ3) is 3.06. The average molecular weight is 334 g/mol. The second kappa shape index (κ2) is 4.78. The van der Waals surface area contributed by atoms with E-state index in [1.807, 2.05) is 6.08 Å². The van der Waals surface area contributed by atoms with Gasteiger partial charge in [0, 0.05) is 7.16 Å². The minimum absolute atomic E-state index is 1.12. The highest BCUT2D eigenvalue weighted by atomic mass is 127. The molecule has 0 spiro atoms. The summed E-state index contributed by atoms with van der Waals surface area (Å²) in [6, 6.07) is 0. The first kappa shape index (κ1) is 8.94. The SMILES string of the molecule is C=C/C(I)=C(\I)CC. The van der Waals surface area contributed by atoms with Crippen LogP contribution in [0.25, 0.3) is 0 Å². The Morgan fingerprint density at radius 1 is 1.62 bits per heavy atom. The number of halogens is 2. The van der Waals surface area contributed by atoms with Gasteiger partial charge in [-0.15, -0.1) is 0 Å². The van der Waals surface area contributed by atoms with E-state index in [0.29, 0.717) is 0 Å². The van der Waals surface area contributed by atoms with Gasteiger partial charge in [0.25, 0.3) is 0 Å². The molecule has 0 aromatic carbocycles. The van der Waals surface area contributed by atoms with Crippen LogP contribution in [0.1, 0.15) is 13.3 Å². The third-order valence-electron chi connectivity index (χ3n) is 0.749. The molecule has 0 N–H and O–H groups in total. The maximum Gasteiger partial charge on any atom is 0.0217 e. The maximum absolute atomic E-state index is 3.66. The van der Waals surface area contributed by atoms with Crippen LogP contribution in [-0.2, 0) is 0 Å². The Balaban J connectivity index is 4.03. The standard InChI is InChI=1S/C6H8I2/c1-3-5(7)6(8)4-2/h3H,1,4H2,2H3/b6-5+. The fraction of sp³-hybridized carbons (Fsp3) is 0.333. The second-order valence-corrected chi connectivity index (χ2v) is 3.77. The van der Waals surface area contributed by atoms with Crippen molar-refractivity contribution in [2.75, 3.05) is 0 Å². The molecule has 0 aromatic heterocycles. The minimum Gasteiger partial charge on any atom is -0.0980 e. The molecule has 46 valence electrons. The van der Waals surface area contributed by atoms with Gasteiger partial charge in [-0.3, -0.25) is 0 Å². The predicted molar refractivity (Wildman–Crippen MR) is 55.6 cm³/mol. The summed E-state index contributed by atoms with van der Waals surface area (Å²) in [5.41, 5.74) is 0. The van der Waals surface area contributed by atoms with Gasteiger partial charge in [-0.1, -0.05) is 19.6 Å². The zero-order chi connectivity index (χ0) is 6.57. The summed E-state index contributed by atoms with van der Waals surface area (Å²) in [4.78, 5) is 0. The van der Waals surface area contributed by atoms with Crippen molar-refractivity contribution in [1.82, 2.24) is 0 Å². The van der Waals surface area contributed by atoms with Crippen LogP contribution < -0.4 is 0 Å². The summed E-state index contributed by atoms with van der Waals surface area (Å²) in [6.45, 7) is 5.80. The molecular formula is C6H8I2. The molecule has 0 saturated carbocycles. The molecule has 2 heteroatoms. The lowest BCUT2D eigenvalue weighted by Gasteiger charge is -1.92. The van der Waals surface area contributed by atoms with Crippen LogP contribution in [-0.4, -0.2) is 0 Å². The normalized spacial score (nSPS) is 12.9. The zero-order valence-electron chi connectivity index (χ0n) is 4.75. The van der Waals surface area contributed by atoms with Gasteiger partial charge >= 0.3 is 0 Å². The van der Waals surface area contributed by atoms with Gasteiger partial charge in [0.05, 0.1) is 0 Å². The van der Waals surface area contributed by atoms with E-state index in [4.69, 9.17) is 0 Å². The molecule has 8 heavy (non-hydrogen) atoms. The van der Waals surface area contributed by atoms with Crippen molar-refractivity contribution in [3.8, 4) is 0 Å². The van der Waals surface area contributed by atoms with E-state index < -0.39 is 0 Å². The van der Waals surface area contributed by atoms with Crippen LogP contribution >= 0.6 is 45.2 Å². The second-order valence-electron chi connectivity index (χ2n) is 1.31. The Hall–Kier alpha value is 0.940. The molecule has 0 aliphatic carbocycles. The molecule has 0 unspecified atom stereocenters. The van der Waals surface area contributed by atoms with E-state index in [2.05, 4.69) is 58.7 Å². The van der Waals surface area contributed by atoms with Crippen molar-refractivity contribution in [1.29, 1.82) is 0 Å². The monoisotopic (exact) mass is 334 g/mol. The zero-order valence-corrected chi connectivity index (χ0v) is 9.06. The fourth-order valence-electron chi connectivity index (χ4n) is 0.280. The molecule has 0 nitrogen and oxygen atoms in total. The average Bonchev–Trinajstić information content (AvgIpc) is 1.84. The number of rotatable bonds is 2. The highest BCUT2D eigenvalue weighted by Crippen LogP contribution is 2.21.